The summed E-state index contributed by atoms with van der Waals surface area (Å²) in [7, 11) is 1.68. The summed E-state index contributed by atoms with van der Waals surface area (Å²) in [4.78, 5) is 1.19. The van der Waals surface area contributed by atoms with Crippen molar-refractivity contribution in [3.05, 3.63) is 51.2 Å². The van der Waals surface area contributed by atoms with Crippen LogP contribution in [0.5, 0.6) is 5.75 Å². The van der Waals surface area contributed by atoms with E-state index in [1.165, 1.54) is 21.6 Å². The molecule has 0 aliphatic heterocycles. The van der Waals surface area contributed by atoms with Crippen molar-refractivity contribution in [1.82, 2.24) is 5.43 Å². The normalized spacial score (nSPS) is 12.4. The molecule has 0 amide bonds. The van der Waals surface area contributed by atoms with Crippen molar-refractivity contribution in [3.8, 4) is 5.75 Å². The van der Waals surface area contributed by atoms with E-state index >= 15 is 0 Å². The van der Waals surface area contributed by atoms with Crippen LogP contribution in [-0.2, 0) is 6.42 Å². The molecule has 1 unspecified atom stereocenters. The van der Waals surface area contributed by atoms with Gasteiger partial charge >= 0.3 is 0 Å². The Morgan fingerprint density at radius 2 is 2.05 bits per heavy atom. The standard InChI is InChI=1S/C15H20N2OS/c1-10-4-5-12(6-11(10)2)7-14(17-16)15-8-13(18-3)9-19-15/h4-6,8-9,14,17H,7,16H2,1-3H3. The van der Waals surface area contributed by atoms with Crippen LogP contribution in [0.1, 0.15) is 27.6 Å². The fourth-order valence-corrected chi connectivity index (χ4v) is 2.95. The SMILES string of the molecule is COc1csc(C(Cc2ccc(C)c(C)c2)NN)c1. The number of thiophene rings is 1. The molecule has 0 radical (unpaired) electrons. The first kappa shape index (κ1) is 14.1. The van der Waals surface area contributed by atoms with Crippen LogP contribution in [0.15, 0.2) is 29.6 Å². The first-order chi connectivity index (χ1) is 9.13. The van der Waals surface area contributed by atoms with Crippen LogP contribution >= 0.6 is 11.3 Å². The van der Waals surface area contributed by atoms with Gasteiger partial charge in [0.25, 0.3) is 0 Å². The average molecular weight is 276 g/mol. The van der Waals surface area contributed by atoms with Gasteiger partial charge in [0.05, 0.1) is 13.2 Å². The molecule has 102 valence electrons. The molecule has 0 saturated heterocycles. The molecular weight excluding hydrogens is 256 g/mol. The molecule has 0 aliphatic carbocycles. The predicted octanol–water partition coefficient (Wildman–Crippen LogP) is 3.12. The quantitative estimate of drug-likeness (QED) is 0.651. The van der Waals surface area contributed by atoms with Crippen LogP contribution in [0.25, 0.3) is 0 Å². The van der Waals surface area contributed by atoms with Gasteiger partial charge < -0.3 is 4.74 Å². The topological polar surface area (TPSA) is 47.3 Å². The van der Waals surface area contributed by atoms with E-state index in [0.29, 0.717) is 0 Å². The smallest absolute Gasteiger partial charge is 0.129 e. The average Bonchev–Trinajstić information content (AvgIpc) is 2.88. The molecule has 0 saturated carbocycles. The number of benzene rings is 1. The van der Waals surface area contributed by atoms with E-state index < -0.39 is 0 Å². The molecule has 1 atom stereocenters. The van der Waals surface area contributed by atoms with Gasteiger partial charge in [0.1, 0.15) is 5.75 Å². The Bertz CT molecular complexity index is 551. The molecular formula is C15H20N2OS. The molecule has 3 nitrogen and oxygen atoms in total. The van der Waals surface area contributed by atoms with Crippen LogP contribution in [0.2, 0.25) is 0 Å². The van der Waals surface area contributed by atoms with E-state index in [1.54, 1.807) is 18.4 Å². The number of hydrazine groups is 1. The first-order valence-electron chi connectivity index (χ1n) is 6.28. The Morgan fingerprint density at radius 1 is 1.26 bits per heavy atom. The molecule has 4 heteroatoms. The molecule has 19 heavy (non-hydrogen) atoms. The van der Waals surface area contributed by atoms with Crippen molar-refractivity contribution in [3.63, 3.8) is 0 Å². The van der Waals surface area contributed by atoms with Crippen molar-refractivity contribution in [2.45, 2.75) is 26.3 Å². The van der Waals surface area contributed by atoms with Crippen molar-refractivity contribution >= 4 is 11.3 Å². The van der Waals surface area contributed by atoms with E-state index in [-0.39, 0.29) is 6.04 Å². The van der Waals surface area contributed by atoms with Gasteiger partial charge in [-0.25, -0.2) is 0 Å². The molecule has 2 aromatic rings. The lowest BCUT2D eigenvalue weighted by atomic mass is 10.0. The molecule has 0 bridgehead atoms. The fraction of sp³-hybridized carbons (Fsp3) is 0.333. The fourth-order valence-electron chi connectivity index (χ4n) is 2.03. The maximum absolute atomic E-state index is 5.69. The highest BCUT2D eigenvalue weighted by atomic mass is 32.1. The molecule has 0 spiro atoms. The van der Waals surface area contributed by atoms with E-state index in [1.807, 2.05) is 11.4 Å². The highest BCUT2D eigenvalue weighted by Gasteiger charge is 2.13. The Hall–Kier alpha value is -1.36. The van der Waals surface area contributed by atoms with E-state index in [4.69, 9.17) is 10.6 Å². The molecule has 2 rings (SSSR count). The van der Waals surface area contributed by atoms with Gasteiger partial charge in [-0.15, -0.1) is 11.3 Å². The number of methoxy groups -OCH3 is 1. The van der Waals surface area contributed by atoms with Crippen LogP contribution in [0.4, 0.5) is 0 Å². The molecule has 1 heterocycles. The number of nitrogens with one attached hydrogen (secondary N) is 1. The van der Waals surface area contributed by atoms with Crippen molar-refractivity contribution < 1.29 is 4.74 Å². The molecule has 0 fully saturated rings. The first-order valence-corrected chi connectivity index (χ1v) is 7.16. The summed E-state index contributed by atoms with van der Waals surface area (Å²) in [6.07, 6.45) is 0.876. The lowest BCUT2D eigenvalue weighted by Gasteiger charge is -2.15. The van der Waals surface area contributed by atoms with Gasteiger partial charge in [-0.2, -0.15) is 0 Å². The third-order valence-corrected chi connectivity index (χ3v) is 4.41. The number of hydrogen-bond donors (Lipinski definition) is 2. The third-order valence-electron chi connectivity index (χ3n) is 3.39. The maximum atomic E-state index is 5.69. The Morgan fingerprint density at radius 3 is 2.63 bits per heavy atom. The van der Waals surface area contributed by atoms with Crippen LogP contribution < -0.4 is 16.0 Å². The second kappa shape index (κ2) is 6.19. The van der Waals surface area contributed by atoms with E-state index in [2.05, 4.69) is 37.5 Å². The molecule has 1 aromatic heterocycles. The minimum absolute atomic E-state index is 0.121. The van der Waals surface area contributed by atoms with Gasteiger partial charge in [0.15, 0.2) is 0 Å². The number of nitrogens with two attached hydrogens (primary N) is 1. The summed E-state index contributed by atoms with van der Waals surface area (Å²) >= 11 is 1.67. The Kier molecular flexibility index (Phi) is 4.58. The summed E-state index contributed by atoms with van der Waals surface area (Å²) in [5.74, 6) is 6.58. The van der Waals surface area contributed by atoms with Crippen LogP contribution in [-0.4, -0.2) is 7.11 Å². The van der Waals surface area contributed by atoms with Crippen molar-refractivity contribution in [2.75, 3.05) is 7.11 Å². The summed E-state index contributed by atoms with van der Waals surface area (Å²) in [5.41, 5.74) is 6.82. The number of hydrogen-bond acceptors (Lipinski definition) is 4. The van der Waals surface area contributed by atoms with Crippen molar-refractivity contribution in [2.24, 2.45) is 5.84 Å². The van der Waals surface area contributed by atoms with Crippen LogP contribution in [0, 0.1) is 13.8 Å². The summed E-state index contributed by atoms with van der Waals surface area (Å²) in [5, 5.41) is 2.00. The third kappa shape index (κ3) is 3.35. The van der Waals surface area contributed by atoms with Gasteiger partial charge in [-0.05, 0) is 43.0 Å². The zero-order valence-electron chi connectivity index (χ0n) is 11.6. The minimum atomic E-state index is 0.121. The monoisotopic (exact) mass is 276 g/mol. The minimum Gasteiger partial charge on any atom is -0.496 e. The summed E-state index contributed by atoms with van der Waals surface area (Å²) < 4.78 is 5.22. The van der Waals surface area contributed by atoms with Gasteiger partial charge in [0.2, 0.25) is 0 Å². The van der Waals surface area contributed by atoms with Gasteiger partial charge in [0, 0.05) is 10.3 Å². The lowest BCUT2D eigenvalue weighted by Crippen LogP contribution is -2.28. The number of ether oxygens (including phenoxy) is 1. The molecule has 3 N–H and O–H groups in total. The van der Waals surface area contributed by atoms with Gasteiger partial charge in [-0.3, -0.25) is 11.3 Å². The Balaban J connectivity index is 2.16. The highest BCUT2D eigenvalue weighted by Crippen LogP contribution is 2.28. The zero-order valence-corrected chi connectivity index (χ0v) is 12.4. The number of aryl methyl sites for hydroxylation is 2. The van der Waals surface area contributed by atoms with Crippen LogP contribution in [0.3, 0.4) is 0 Å². The number of rotatable bonds is 5. The largest absolute Gasteiger partial charge is 0.496 e. The lowest BCUT2D eigenvalue weighted by molar-refractivity contribution is 0.415. The molecule has 1 aromatic carbocycles. The highest BCUT2D eigenvalue weighted by molar-refractivity contribution is 7.10. The van der Waals surface area contributed by atoms with Gasteiger partial charge in [-0.1, -0.05) is 18.2 Å². The second-order valence-electron chi connectivity index (χ2n) is 4.73. The van der Waals surface area contributed by atoms with E-state index in [9.17, 15) is 0 Å². The Labute approximate surface area is 118 Å². The predicted molar refractivity (Wildman–Crippen MR) is 80.6 cm³/mol. The summed E-state index contributed by atoms with van der Waals surface area (Å²) in [6.45, 7) is 4.26. The zero-order chi connectivity index (χ0) is 13.8. The summed E-state index contributed by atoms with van der Waals surface area (Å²) in [6, 6.07) is 8.71. The van der Waals surface area contributed by atoms with E-state index in [0.717, 1.165) is 12.2 Å². The molecule has 0 aliphatic rings. The maximum Gasteiger partial charge on any atom is 0.129 e. The van der Waals surface area contributed by atoms with Crippen molar-refractivity contribution in [1.29, 1.82) is 0 Å². The second-order valence-corrected chi connectivity index (χ2v) is 5.67.